The highest BCUT2D eigenvalue weighted by Crippen LogP contribution is 2.28. The third-order valence-electron chi connectivity index (χ3n) is 5.69. The van der Waals surface area contributed by atoms with Crippen LogP contribution in [0.2, 0.25) is 5.02 Å². The molecule has 1 unspecified atom stereocenters. The standard InChI is InChI=1S/C22H34ClN3O2/c1-5-7-18(21(27)24-4)19(8-6-2)22(28)26-13-11-25(12-14-26)20-15-17(23)10-9-16(20)3/h9-10,15,18-19H,5-8,11-14H2,1-4H3,(H,24,27)/t18?,19-/m0/s1. The molecule has 156 valence electrons. The normalized spacial score (nSPS) is 16.6. The monoisotopic (exact) mass is 407 g/mol. The Bertz CT molecular complexity index is 672. The minimum Gasteiger partial charge on any atom is -0.368 e. The van der Waals surface area contributed by atoms with E-state index in [9.17, 15) is 9.59 Å². The number of aryl methyl sites for hydroxylation is 1. The van der Waals surface area contributed by atoms with E-state index in [1.54, 1.807) is 7.05 Å². The first-order valence-corrected chi connectivity index (χ1v) is 10.8. The molecule has 5 nitrogen and oxygen atoms in total. The Hall–Kier alpha value is -1.75. The van der Waals surface area contributed by atoms with Gasteiger partial charge in [-0.15, -0.1) is 0 Å². The van der Waals surface area contributed by atoms with Crippen LogP contribution in [0.3, 0.4) is 0 Å². The number of carbonyl (C=O) groups excluding carboxylic acids is 2. The number of halogens is 1. The van der Waals surface area contributed by atoms with Gasteiger partial charge in [-0.3, -0.25) is 9.59 Å². The fraction of sp³-hybridized carbons (Fsp3) is 0.636. The van der Waals surface area contributed by atoms with Crippen molar-refractivity contribution in [3.05, 3.63) is 28.8 Å². The number of anilines is 1. The van der Waals surface area contributed by atoms with Gasteiger partial charge in [0.1, 0.15) is 0 Å². The lowest BCUT2D eigenvalue weighted by atomic mass is 9.83. The fourth-order valence-corrected chi connectivity index (χ4v) is 4.31. The number of hydrogen-bond donors (Lipinski definition) is 1. The molecule has 2 atom stereocenters. The molecule has 6 heteroatoms. The van der Waals surface area contributed by atoms with Crippen LogP contribution in [0.15, 0.2) is 18.2 Å². The summed E-state index contributed by atoms with van der Waals surface area (Å²) in [6.07, 6.45) is 3.30. The molecular formula is C22H34ClN3O2. The van der Waals surface area contributed by atoms with Gasteiger partial charge in [0.25, 0.3) is 0 Å². The summed E-state index contributed by atoms with van der Waals surface area (Å²) < 4.78 is 0. The van der Waals surface area contributed by atoms with Crippen molar-refractivity contribution in [2.45, 2.75) is 46.5 Å². The zero-order valence-corrected chi connectivity index (χ0v) is 18.4. The molecule has 0 bridgehead atoms. The van der Waals surface area contributed by atoms with E-state index in [4.69, 9.17) is 11.6 Å². The molecule has 1 heterocycles. The van der Waals surface area contributed by atoms with E-state index in [0.717, 1.165) is 49.5 Å². The molecular weight excluding hydrogens is 374 g/mol. The number of rotatable bonds is 8. The summed E-state index contributed by atoms with van der Waals surface area (Å²) in [5.74, 6) is -0.354. The second-order valence-corrected chi connectivity index (χ2v) is 8.08. The van der Waals surface area contributed by atoms with Gasteiger partial charge in [0.2, 0.25) is 11.8 Å². The van der Waals surface area contributed by atoms with Crippen LogP contribution in [-0.4, -0.2) is 49.9 Å². The van der Waals surface area contributed by atoms with Crippen molar-refractivity contribution in [1.29, 1.82) is 0 Å². The third kappa shape index (κ3) is 5.40. The number of benzene rings is 1. The first-order chi connectivity index (χ1) is 13.4. The smallest absolute Gasteiger partial charge is 0.226 e. The summed E-state index contributed by atoms with van der Waals surface area (Å²) in [6.45, 7) is 9.14. The highest BCUT2D eigenvalue weighted by Gasteiger charge is 2.35. The van der Waals surface area contributed by atoms with Gasteiger partial charge < -0.3 is 15.1 Å². The molecule has 28 heavy (non-hydrogen) atoms. The van der Waals surface area contributed by atoms with E-state index in [1.165, 1.54) is 5.56 Å². The van der Waals surface area contributed by atoms with Crippen molar-refractivity contribution >= 4 is 29.1 Å². The second kappa shape index (κ2) is 10.7. The quantitative estimate of drug-likeness (QED) is 0.711. The third-order valence-corrected chi connectivity index (χ3v) is 5.92. The maximum absolute atomic E-state index is 13.3. The maximum Gasteiger partial charge on any atom is 0.226 e. The lowest BCUT2D eigenvalue weighted by molar-refractivity contribution is -0.142. The molecule has 2 amide bonds. The van der Waals surface area contributed by atoms with Crippen LogP contribution in [0.4, 0.5) is 5.69 Å². The Balaban J connectivity index is 2.08. The van der Waals surface area contributed by atoms with Gasteiger partial charge in [-0.2, -0.15) is 0 Å². The Morgan fingerprint density at radius 3 is 2.25 bits per heavy atom. The van der Waals surface area contributed by atoms with Gasteiger partial charge in [0.05, 0.1) is 0 Å². The van der Waals surface area contributed by atoms with E-state index in [2.05, 4.69) is 31.0 Å². The Kier molecular flexibility index (Phi) is 8.61. The maximum atomic E-state index is 13.3. The Morgan fingerprint density at radius 2 is 1.68 bits per heavy atom. The lowest BCUT2D eigenvalue weighted by Gasteiger charge is -2.39. The average Bonchev–Trinajstić information content (AvgIpc) is 2.71. The molecule has 0 aromatic heterocycles. The van der Waals surface area contributed by atoms with Crippen LogP contribution >= 0.6 is 11.6 Å². The van der Waals surface area contributed by atoms with Crippen molar-refractivity contribution in [3.63, 3.8) is 0 Å². The summed E-state index contributed by atoms with van der Waals surface area (Å²) in [6, 6.07) is 5.93. The van der Waals surface area contributed by atoms with Crippen molar-refractivity contribution in [3.8, 4) is 0 Å². The Morgan fingerprint density at radius 1 is 1.07 bits per heavy atom. The van der Waals surface area contributed by atoms with Crippen molar-refractivity contribution in [2.75, 3.05) is 38.1 Å². The van der Waals surface area contributed by atoms with E-state index in [1.807, 2.05) is 23.1 Å². The molecule has 0 saturated carbocycles. The zero-order valence-electron chi connectivity index (χ0n) is 17.6. The van der Waals surface area contributed by atoms with Gasteiger partial charge in [0.15, 0.2) is 0 Å². The molecule has 1 fully saturated rings. The number of nitrogens with zero attached hydrogens (tertiary/aromatic N) is 2. The minimum atomic E-state index is -0.240. The number of amides is 2. The molecule has 1 aliphatic heterocycles. The van der Waals surface area contributed by atoms with Crippen LogP contribution in [0.25, 0.3) is 0 Å². The zero-order chi connectivity index (χ0) is 20.7. The highest BCUT2D eigenvalue weighted by molar-refractivity contribution is 6.30. The molecule has 1 N–H and O–H groups in total. The molecule has 1 aromatic carbocycles. The van der Waals surface area contributed by atoms with Crippen molar-refractivity contribution < 1.29 is 9.59 Å². The van der Waals surface area contributed by atoms with Crippen molar-refractivity contribution in [1.82, 2.24) is 10.2 Å². The summed E-state index contributed by atoms with van der Waals surface area (Å²) in [4.78, 5) is 29.9. The summed E-state index contributed by atoms with van der Waals surface area (Å²) in [5, 5.41) is 3.49. The lowest BCUT2D eigenvalue weighted by Crippen LogP contribution is -2.52. The topological polar surface area (TPSA) is 52.7 Å². The van der Waals surface area contributed by atoms with E-state index < -0.39 is 0 Å². The predicted octanol–water partition coefficient (Wildman–Crippen LogP) is 3.88. The van der Waals surface area contributed by atoms with Gasteiger partial charge in [0, 0.05) is 55.8 Å². The van der Waals surface area contributed by atoms with E-state index in [-0.39, 0.29) is 23.7 Å². The molecule has 0 spiro atoms. The number of piperazine rings is 1. The Labute approximate surface area is 174 Å². The average molecular weight is 408 g/mol. The molecule has 0 aliphatic carbocycles. The van der Waals surface area contributed by atoms with Gasteiger partial charge in [-0.05, 0) is 37.5 Å². The van der Waals surface area contributed by atoms with Crippen LogP contribution in [0, 0.1) is 18.8 Å². The molecule has 1 aliphatic rings. The minimum absolute atomic E-state index is 0.0122. The van der Waals surface area contributed by atoms with Crippen LogP contribution < -0.4 is 10.2 Å². The fourth-order valence-electron chi connectivity index (χ4n) is 4.14. The largest absolute Gasteiger partial charge is 0.368 e. The van der Waals surface area contributed by atoms with Crippen LogP contribution in [0.1, 0.15) is 45.1 Å². The molecule has 2 rings (SSSR count). The van der Waals surface area contributed by atoms with Gasteiger partial charge in [-0.1, -0.05) is 44.4 Å². The van der Waals surface area contributed by atoms with E-state index in [0.29, 0.717) is 13.1 Å². The first kappa shape index (κ1) is 22.5. The van der Waals surface area contributed by atoms with Gasteiger partial charge in [-0.25, -0.2) is 0 Å². The SMILES string of the molecule is CCCC(C(=O)NC)[C@H](CCC)C(=O)N1CCN(c2cc(Cl)ccc2C)CC1. The second-order valence-electron chi connectivity index (χ2n) is 7.65. The van der Waals surface area contributed by atoms with Crippen LogP contribution in [-0.2, 0) is 9.59 Å². The van der Waals surface area contributed by atoms with E-state index >= 15 is 0 Å². The number of hydrogen-bond acceptors (Lipinski definition) is 3. The summed E-state index contributed by atoms with van der Waals surface area (Å²) in [7, 11) is 1.66. The molecule has 1 saturated heterocycles. The van der Waals surface area contributed by atoms with Crippen molar-refractivity contribution in [2.24, 2.45) is 11.8 Å². The number of carbonyl (C=O) groups is 2. The summed E-state index contributed by atoms with van der Waals surface area (Å²) in [5.41, 5.74) is 2.33. The highest BCUT2D eigenvalue weighted by atomic mass is 35.5. The molecule has 1 aromatic rings. The van der Waals surface area contributed by atoms with Gasteiger partial charge >= 0.3 is 0 Å². The predicted molar refractivity (Wildman–Crippen MR) is 116 cm³/mol. The van der Waals surface area contributed by atoms with Crippen LogP contribution in [0.5, 0.6) is 0 Å². The first-order valence-electron chi connectivity index (χ1n) is 10.4. The number of nitrogens with one attached hydrogen (secondary N) is 1. The summed E-state index contributed by atoms with van der Waals surface area (Å²) >= 11 is 6.17. The molecule has 0 radical (unpaired) electrons.